The van der Waals surface area contributed by atoms with Crippen LogP contribution in [0.1, 0.15) is 17.5 Å². The summed E-state index contributed by atoms with van der Waals surface area (Å²) in [5.74, 6) is 1.27. The van der Waals surface area contributed by atoms with Gasteiger partial charge in [-0.05, 0) is 48.2 Å². The predicted molar refractivity (Wildman–Crippen MR) is 140 cm³/mol. The van der Waals surface area contributed by atoms with Gasteiger partial charge < -0.3 is 19.9 Å². The maximum atomic E-state index is 13.1. The molecular formula is C28H34N2O4S. The average Bonchev–Trinajstić information content (AvgIpc) is 2.90. The Morgan fingerprint density at radius 1 is 0.943 bits per heavy atom. The molecule has 3 rings (SSSR count). The van der Waals surface area contributed by atoms with Crippen LogP contribution in [0.15, 0.2) is 89.8 Å². The largest absolute Gasteiger partial charge is 0.497 e. The topological polar surface area (TPSA) is 79.8 Å². The number of aliphatic hydroxyl groups excluding tert-OH is 1. The minimum atomic E-state index is -0.957. The highest BCUT2D eigenvalue weighted by molar-refractivity contribution is 7.99. The van der Waals surface area contributed by atoms with Crippen molar-refractivity contribution in [3.05, 3.63) is 96.1 Å². The highest BCUT2D eigenvalue weighted by atomic mass is 32.2. The molecule has 0 fully saturated rings. The lowest BCUT2D eigenvalue weighted by Gasteiger charge is -2.27. The molecule has 1 amide bonds. The molecule has 2 unspecified atom stereocenters. The van der Waals surface area contributed by atoms with E-state index in [0.29, 0.717) is 19.4 Å². The molecule has 0 heterocycles. The van der Waals surface area contributed by atoms with Gasteiger partial charge in [0.15, 0.2) is 0 Å². The number of thioether (sulfide) groups is 1. The van der Waals surface area contributed by atoms with Crippen LogP contribution in [0.4, 0.5) is 0 Å². The van der Waals surface area contributed by atoms with Gasteiger partial charge in [0.25, 0.3) is 0 Å². The van der Waals surface area contributed by atoms with E-state index in [1.54, 1.807) is 26.0 Å². The van der Waals surface area contributed by atoms with Crippen molar-refractivity contribution in [2.24, 2.45) is 0 Å². The van der Waals surface area contributed by atoms with Crippen LogP contribution >= 0.6 is 11.8 Å². The number of amides is 1. The number of methoxy groups -OCH3 is 2. The van der Waals surface area contributed by atoms with Crippen molar-refractivity contribution < 1.29 is 19.4 Å². The lowest BCUT2D eigenvalue weighted by Crippen LogP contribution is -2.53. The van der Waals surface area contributed by atoms with E-state index in [9.17, 15) is 9.90 Å². The third-order valence-corrected chi connectivity index (χ3v) is 6.67. The van der Waals surface area contributed by atoms with Crippen LogP contribution in [0.25, 0.3) is 0 Å². The van der Waals surface area contributed by atoms with Gasteiger partial charge in [-0.2, -0.15) is 0 Å². The maximum Gasteiger partial charge on any atom is 0.249 e. The van der Waals surface area contributed by atoms with Crippen molar-refractivity contribution in [1.82, 2.24) is 10.6 Å². The summed E-state index contributed by atoms with van der Waals surface area (Å²) in [5, 5.41) is 17.1. The smallest absolute Gasteiger partial charge is 0.249 e. The summed E-state index contributed by atoms with van der Waals surface area (Å²) in [4.78, 5) is 14.2. The Morgan fingerprint density at radius 2 is 1.63 bits per heavy atom. The molecular weight excluding hydrogens is 460 g/mol. The van der Waals surface area contributed by atoms with E-state index in [0.717, 1.165) is 27.5 Å². The molecule has 3 N–H and O–H groups in total. The van der Waals surface area contributed by atoms with Crippen molar-refractivity contribution >= 4 is 17.7 Å². The van der Waals surface area contributed by atoms with Gasteiger partial charge in [0, 0.05) is 24.3 Å². The summed E-state index contributed by atoms with van der Waals surface area (Å²) >= 11 is 1.69. The third-order valence-electron chi connectivity index (χ3n) is 5.63. The number of nitrogens with one attached hydrogen (secondary N) is 2. The zero-order valence-corrected chi connectivity index (χ0v) is 21.0. The number of benzene rings is 3. The zero-order chi connectivity index (χ0) is 24.9. The predicted octanol–water partition coefficient (Wildman–Crippen LogP) is 4.03. The number of carbonyl (C=O) groups is 1. The van der Waals surface area contributed by atoms with Crippen molar-refractivity contribution in [2.75, 3.05) is 20.0 Å². The quantitative estimate of drug-likeness (QED) is 0.232. The molecule has 6 nitrogen and oxygen atoms in total. The number of aliphatic hydroxyl groups is 1. The van der Waals surface area contributed by atoms with Gasteiger partial charge in [0.1, 0.15) is 18.1 Å². The summed E-state index contributed by atoms with van der Waals surface area (Å²) in [6.07, 6.45) is -0.516. The van der Waals surface area contributed by atoms with Gasteiger partial charge in [-0.15, -0.1) is 11.8 Å². The van der Waals surface area contributed by atoms with Gasteiger partial charge in [0.05, 0.1) is 13.2 Å². The van der Waals surface area contributed by atoms with E-state index in [4.69, 9.17) is 9.47 Å². The summed E-state index contributed by atoms with van der Waals surface area (Å²) in [5.41, 5.74) is 1.99. The lowest BCUT2D eigenvalue weighted by molar-refractivity contribution is -0.133. The highest BCUT2D eigenvalue weighted by Crippen LogP contribution is 2.19. The maximum absolute atomic E-state index is 13.1. The minimum absolute atomic E-state index is 0.232. The molecule has 0 radical (unpaired) electrons. The summed E-state index contributed by atoms with van der Waals surface area (Å²) in [6.45, 7) is 0.431. The molecule has 0 aliphatic rings. The number of hydrogen-bond donors (Lipinski definition) is 3. The molecule has 7 heteroatoms. The van der Waals surface area contributed by atoms with E-state index >= 15 is 0 Å². The highest BCUT2D eigenvalue weighted by Gasteiger charge is 2.26. The van der Waals surface area contributed by atoms with Crippen molar-refractivity contribution in [2.45, 2.75) is 42.7 Å². The molecule has 0 saturated heterocycles. The summed E-state index contributed by atoms with van der Waals surface area (Å²) in [7, 11) is 3.17. The normalized spacial score (nSPS) is 13.6. The average molecular weight is 495 g/mol. The van der Waals surface area contributed by atoms with Crippen LogP contribution in [0, 0.1) is 0 Å². The van der Waals surface area contributed by atoms with Gasteiger partial charge in [-0.1, -0.05) is 60.7 Å². The Kier molecular flexibility index (Phi) is 11.1. The first kappa shape index (κ1) is 26.8. The molecule has 0 bridgehead atoms. The molecule has 0 spiro atoms. The molecule has 0 saturated carbocycles. The van der Waals surface area contributed by atoms with Crippen molar-refractivity contribution in [1.29, 1.82) is 0 Å². The number of carbonyl (C=O) groups excluding carboxylic acids is 1. The molecule has 3 aromatic carbocycles. The van der Waals surface area contributed by atoms with E-state index in [-0.39, 0.29) is 5.91 Å². The van der Waals surface area contributed by atoms with E-state index in [2.05, 4.69) is 10.6 Å². The number of rotatable bonds is 14. The van der Waals surface area contributed by atoms with Gasteiger partial charge in [-0.3, -0.25) is 10.1 Å². The Bertz CT molecular complexity index is 1020. The number of hydrogen-bond acceptors (Lipinski definition) is 6. The second-order valence-corrected chi connectivity index (χ2v) is 9.32. The lowest BCUT2D eigenvalue weighted by atomic mass is 10.0. The van der Waals surface area contributed by atoms with Crippen LogP contribution in [0.2, 0.25) is 0 Å². The van der Waals surface area contributed by atoms with Crippen LogP contribution in [0.3, 0.4) is 0 Å². The molecule has 35 heavy (non-hydrogen) atoms. The monoisotopic (exact) mass is 494 g/mol. The van der Waals surface area contributed by atoms with E-state index in [1.165, 1.54) is 0 Å². The Labute approximate surface area is 212 Å². The van der Waals surface area contributed by atoms with Gasteiger partial charge in [0.2, 0.25) is 5.91 Å². The number of ether oxygens (including phenoxy) is 2. The minimum Gasteiger partial charge on any atom is -0.497 e. The Balaban J connectivity index is 1.61. The van der Waals surface area contributed by atoms with Crippen molar-refractivity contribution in [3.8, 4) is 5.75 Å². The fourth-order valence-electron chi connectivity index (χ4n) is 3.69. The van der Waals surface area contributed by atoms with Crippen LogP contribution in [-0.2, 0) is 22.5 Å². The summed E-state index contributed by atoms with van der Waals surface area (Å²) < 4.78 is 10.8. The Morgan fingerprint density at radius 3 is 2.31 bits per heavy atom. The first-order valence-electron chi connectivity index (χ1n) is 11.7. The van der Waals surface area contributed by atoms with Gasteiger partial charge in [-0.25, -0.2) is 0 Å². The van der Waals surface area contributed by atoms with E-state index in [1.807, 2.05) is 84.9 Å². The standard InChI is InChI=1S/C28H34N2O4S/c1-33-23-13-9-12-22(18-23)20-29-27(31)25(19-21-10-5-3-6-11-21)30-28(32)26(34-2)16-17-35-24-14-7-4-8-15-24/h3-15,18,25-27,29,31H,16-17,19-20H2,1-2H3,(H,30,32)/t25?,26?,27-/m0/s1. The first-order chi connectivity index (χ1) is 17.1. The molecule has 0 aliphatic heterocycles. The molecule has 0 aliphatic carbocycles. The fraction of sp³-hybridized carbons (Fsp3) is 0.321. The van der Waals surface area contributed by atoms with E-state index < -0.39 is 18.4 Å². The molecule has 3 aromatic rings. The van der Waals surface area contributed by atoms with Crippen molar-refractivity contribution in [3.63, 3.8) is 0 Å². The molecule has 3 atom stereocenters. The molecule has 186 valence electrons. The fourth-order valence-corrected chi connectivity index (χ4v) is 4.61. The second kappa shape index (κ2) is 14.5. The van der Waals surface area contributed by atoms with Gasteiger partial charge >= 0.3 is 0 Å². The SMILES string of the molecule is COc1cccc(CN[C@@H](O)C(Cc2ccccc2)NC(=O)C(CCSc2ccccc2)OC)c1. The molecule has 0 aromatic heterocycles. The second-order valence-electron chi connectivity index (χ2n) is 8.16. The first-order valence-corrected chi connectivity index (χ1v) is 12.7. The zero-order valence-electron chi connectivity index (χ0n) is 20.2. The van der Waals surface area contributed by atoms with Crippen LogP contribution in [-0.4, -0.2) is 49.4 Å². The Hall–Kier alpha value is -2.84. The van der Waals surface area contributed by atoms with Crippen LogP contribution < -0.4 is 15.4 Å². The third kappa shape index (κ3) is 9.03. The summed E-state index contributed by atoms with van der Waals surface area (Å²) in [6, 6.07) is 27.0. The van der Waals surface area contributed by atoms with Crippen LogP contribution in [0.5, 0.6) is 5.75 Å².